The average Bonchev–Trinajstić information content (AvgIpc) is 2.13. The first-order chi connectivity index (χ1) is 4.74. The Morgan fingerprint density at radius 3 is 2.80 bits per heavy atom. The first-order valence-electron chi connectivity index (χ1n) is 3.10. The third-order valence-corrected chi connectivity index (χ3v) is 1.32. The van der Waals surface area contributed by atoms with E-state index in [1.807, 2.05) is 19.9 Å². The van der Waals surface area contributed by atoms with Crippen molar-refractivity contribution in [3.05, 3.63) is 17.5 Å². The number of carbonyl (C=O) groups excluding carboxylic acids is 1. The molecule has 3 nitrogen and oxygen atoms in total. The summed E-state index contributed by atoms with van der Waals surface area (Å²) in [6, 6.07) is 1.93. The summed E-state index contributed by atoms with van der Waals surface area (Å²) < 4.78 is 1.63. The Labute approximate surface area is 59.7 Å². The molecule has 0 unspecified atom stereocenters. The Balaban J connectivity index is 2.91. The highest BCUT2D eigenvalue weighted by Gasteiger charge is 1.97. The molecule has 0 saturated carbocycles. The average molecular weight is 137 g/mol. The van der Waals surface area contributed by atoms with Crippen LogP contribution in [0, 0.1) is 13.8 Å². The smallest absolute Gasteiger partial charge is 0.221 e. The van der Waals surface area contributed by atoms with Gasteiger partial charge in [-0.1, -0.05) is 0 Å². The number of rotatable bonds is 2. The minimum atomic E-state index is 0.236. The summed E-state index contributed by atoms with van der Waals surface area (Å²) in [5.41, 5.74) is 1.94. The molecule has 0 bridgehead atoms. The maximum Gasteiger partial charge on any atom is 0.221 e. The van der Waals surface area contributed by atoms with E-state index in [-0.39, 0.29) is 6.54 Å². The van der Waals surface area contributed by atoms with E-state index in [9.17, 15) is 4.79 Å². The summed E-state index contributed by atoms with van der Waals surface area (Å²) in [7, 11) is 0. The number of aryl methyl sites for hydroxylation is 2. The van der Waals surface area contributed by atoms with Crippen LogP contribution in [0.3, 0.4) is 0 Å². The van der Waals surface area contributed by atoms with E-state index in [0.29, 0.717) is 0 Å². The lowest BCUT2D eigenvalue weighted by atomic mass is 10.4. The van der Waals surface area contributed by atoms with Crippen molar-refractivity contribution in [3.8, 4) is 0 Å². The van der Waals surface area contributed by atoms with Crippen molar-refractivity contribution < 1.29 is 4.79 Å². The predicted molar refractivity (Wildman–Crippen MR) is 37.4 cm³/mol. The van der Waals surface area contributed by atoms with E-state index in [1.165, 1.54) is 0 Å². The van der Waals surface area contributed by atoms with Crippen molar-refractivity contribution in [3.63, 3.8) is 0 Å². The van der Waals surface area contributed by atoms with Crippen molar-refractivity contribution in [2.24, 2.45) is 0 Å². The van der Waals surface area contributed by atoms with Gasteiger partial charge in [0, 0.05) is 5.69 Å². The van der Waals surface area contributed by atoms with E-state index in [1.54, 1.807) is 11.0 Å². The number of aromatic nitrogens is 2. The third-order valence-electron chi connectivity index (χ3n) is 1.32. The van der Waals surface area contributed by atoms with Gasteiger partial charge >= 0.3 is 0 Å². The van der Waals surface area contributed by atoms with Gasteiger partial charge in [0.15, 0.2) is 0 Å². The number of hydrogen-bond acceptors (Lipinski definition) is 2. The minimum absolute atomic E-state index is 0.236. The van der Waals surface area contributed by atoms with Gasteiger partial charge in [0.05, 0.1) is 5.69 Å². The monoisotopic (exact) mass is 137 g/mol. The summed E-state index contributed by atoms with van der Waals surface area (Å²) in [4.78, 5) is 9.95. The molecule has 0 aliphatic heterocycles. The van der Waals surface area contributed by atoms with E-state index < -0.39 is 0 Å². The Morgan fingerprint density at radius 2 is 2.40 bits per heavy atom. The molecule has 1 rings (SSSR count). The molecule has 1 heterocycles. The van der Waals surface area contributed by atoms with Gasteiger partial charge in [-0.25, -0.2) is 0 Å². The minimum Gasteiger partial charge on any atom is -0.289 e. The first-order valence-corrected chi connectivity index (χ1v) is 3.10. The van der Waals surface area contributed by atoms with Gasteiger partial charge in [-0.2, -0.15) is 5.10 Å². The van der Waals surface area contributed by atoms with E-state index in [4.69, 9.17) is 0 Å². The second-order valence-corrected chi connectivity index (χ2v) is 2.23. The van der Waals surface area contributed by atoms with Crippen LogP contribution in [-0.2, 0) is 11.3 Å². The predicted octanol–water partition coefficient (Wildman–Crippen LogP) is 0.610. The van der Waals surface area contributed by atoms with Gasteiger partial charge in [0.1, 0.15) is 6.54 Å². The fourth-order valence-corrected chi connectivity index (χ4v) is 0.896. The quantitative estimate of drug-likeness (QED) is 0.598. The highest BCUT2D eigenvalue weighted by atomic mass is 16.1. The lowest BCUT2D eigenvalue weighted by molar-refractivity contribution is 0.536. The molecule has 0 spiro atoms. The Kier molecular flexibility index (Phi) is 1.85. The fourth-order valence-electron chi connectivity index (χ4n) is 0.896. The lowest BCUT2D eigenvalue weighted by Gasteiger charge is -1.93. The SMILES string of the molecule is Cc1cc(C)n(C[C]=O)n1. The van der Waals surface area contributed by atoms with E-state index >= 15 is 0 Å². The van der Waals surface area contributed by atoms with Gasteiger partial charge < -0.3 is 0 Å². The Morgan fingerprint density at radius 1 is 1.70 bits per heavy atom. The zero-order chi connectivity index (χ0) is 7.56. The molecule has 0 aliphatic carbocycles. The summed E-state index contributed by atoms with van der Waals surface area (Å²) in [6.07, 6.45) is 1.79. The van der Waals surface area contributed by atoms with Crippen LogP contribution in [0.2, 0.25) is 0 Å². The summed E-state index contributed by atoms with van der Waals surface area (Å²) >= 11 is 0. The first kappa shape index (κ1) is 6.99. The molecule has 1 radical (unpaired) electrons. The van der Waals surface area contributed by atoms with Crippen LogP contribution >= 0.6 is 0 Å². The zero-order valence-electron chi connectivity index (χ0n) is 6.09. The van der Waals surface area contributed by atoms with Gasteiger partial charge in [-0.15, -0.1) is 0 Å². The Bertz CT molecular complexity index is 240. The molecule has 0 atom stereocenters. The highest BCUT2D eigenvalue weighted by molar-refractivity contribution is 5.50. The zero-order valence-corrected chi connectivity index (χ0v) is 6.09. The second kappa shape index (κ2) is 2.64. The highest BCUT2D eigenvalue weighted by Crippen LogP contribution is 1.99. The molecule has 0 amide bonds. The van der Waals surface area contributed by atoms with Crippen LogP contribution in [0.5, 0.6) is 0 Å². The van der Waals surface area contributed by atoms with Crippen LogP contribution in [0.4, 0.5) is 0 Å². The van der Waals surface area contributed by atoms with Crippen molar-refractivity contribution in [1.29, 1.82) is 0 Å². The molecule has 0 saturated heterocycles. The molecule has 0 N–H and O–H groups in total. The van der Waals surface area contributed by atoms with E-state index in [2.05, 4.69) is 5.10 Å². The second-order valence-electron chi connectivity index (χ2n) is 2.23. The molecule has 1 aromatic heterocycles. The maximum atomic E-state index is 9.95. The van der Waals surface area contributed by atoms with Crippen molar-refractivity contribution in [2.45, 2.75) is 20.4 Å². The van der Waals surface area contributed by atoms with Crippen LogP contribution in [0.25, 0.3) is 0 Å². The van der Waals surface area contributed by atoms with Crippen molar-refractivity contribution in [1.82, 2.24) is 9.78 Å². The van der Waals surface area contributed by atoms with Crippen LogP contribution in [0.15, 0.2) is 6.07 Å². The summed E-state index contributed by atoms with van der Waals surface area (Å²) in [5, 5.41) is 4.05. The van der Waals surface area contributed by atoms with Crippen LogP contribution < -0.4 is 0 Å². The van der Waals surface area contributed by atoms with Crippen LogP contribution in [0.1, 0.15) is 11.4 Å². The third kappa shape index (κ3) is 1.23. The molecular weight excluding hydrogens is 128 g/mol. The van der Waals surface area contributed by atoms with Crippen LogP contribution in [-0.4, -0.2) is 16.1 Å². The standard InChI is InChI=1S/C7H9N2O/c1-6-5-7(2)9(8-6)3-4-10/h5H,3H2,1-2H3. The van der Waals surface area contributed by atoms with Gasteiger partial charge in [0.2, 0.25) is 6.29 Å². The molecular formula is C7H9N2O. The molecule has 0 aromatic carbocycles. The molecule has 3 heteroatoms. The molecule has 10 heavy (non-hydrogen) atoms. The van der Waals surface area contributed by atoms with Gasteiger partial charge in [0.25, 0.3) is 0 Å². The Hall–Kier alpha value is -1.12. The molecule has 0 fully saturated rings. The number of nitrogens with zero attached hydrogens (tertiary/aromatic N) is 2. The van der Waals surface area contributed by atoms with Crippen molar-refractivity contribution >= 4 is 6.29 Å². The fraction of sp³-hybridized carbons (Fsp3) is 0.429. The maximum absolute atomic E-state index is 9.95. The normalized spacial score (nSPS) is 9.80. The molecule has 53 valence electrons. The molecule has 0 aliphatic rings. The van der Waals surface area contributed by atoms with E-state index in [0.717, 1.165) is 11.4 Å². The largest absolute Gasteiger partial charge is 0.289 e. The van der Waals surface area contributed by atoms with Gasteiger partial charge in [-0.3, -0.25) is 9.48 Å². The summed E-state index contributed by atoms with van der Waals surface area (Å²) in [5.74, 6) is 0. The molecule has 1 aromatic rings. The lowest BCUT2D eigenvalue weighted by Crippen LogP contribution is -2.02. The summed E-state index contributed by atoms with van der Waals surface area (Å²) in [6.45, 7) is 4.05. The topological polar surface area (TPSA) is 34.9 Å². The van der Waals surface area contributed by atoms with Crippen molar-refractivity contribution in [2.75, 3.05) is 0 Å². The van der Waals surface area contributed by atoms with Gasteiger partial charge in [-0.05, 0) is 19.9 Å². The number of hydrogen-bond donors (Lipinski definition) is 0.